The van der Waals surface area contributed by atoms with Crippen LogP contribution in [0.3, 0.4) is 0 Å². The molecule has 1 aromatic heterocycles. The van der Waals surface area contributed by atoms with Crippen molar-refractivity contribution in [2.45, 2.75) is 0 Å². The number of aromatic hydroxyl groups is 1. The lowest BCUT2D eigenvalue weighted by Gasteiger charge is -2.15. The zero-order chi connectivity index (χ0) is 23.7. The summed E-state index contributed by atoms with van der Waals surface area (Å²) in [6.45, 7) is 4.01. The Kier molecular flexibility index (Phi) is 5.70. The first-order valence-corrected chi connectivity index (χ1v) is 10.1. The molecule has 0 aliphatic carbocycles. The summed E-state index contributed by atoms with van der Waals surface area (Å²) < 4.78 is 21.8. The normalized spacial score (nSPS) is 10.8. The van der Waals surface area contributed by atoms with E-state index in [9.17, 15) is 19.1 Å². The number of nitrogens with zero attached hydrogens (tertiary/aromatic N) is 2. The summed E-state index contributed by atoms with van der Waals surface area (Å²) in [6.07, 6.45) is 0. The Hall–Kier alpha value is -4.39. The molecule has 1 heterocycles. The second-order valence-corrected chi connectivity index (χ2v) is 7.55. The van der Waals surface area contributed by atoms with E-state index in [1.165, 1.54) is 26.2 Å². The lowest BCUT2D eigenvalue weighted by molar-refractivity contribution is 0.409. The van der Waals surface area contributed by atoms with Gasteiger partial charge in [-0.1, -0.05) is 36.9 Å². The molecular formula is C26H21FN2O4. The van der Waals surface area contributed by atoms with Gasteiger partial charge in [0.2, 0.25) is 5.88 Å². The Labute approximate surface area is 189 Å². The van der Waals surface area contributed by atoms with E-state index in [0.717, 1.165) is 9.13 Å². The van der Waals surface area contributed by atoms with Gasteiger partial charge in [-0.05, 0) is 64.7 Å². The van der Waals surface area contributed by atoms with Gasteiger partial charge in [0.05, 0.1) is 0 Å². The Bertz CT molecular complexity index is 1490. The van der Waals surface area contributed by atoms with Crippen LogP contribution in [-0.2, 0) is 14.1 Å². The van der Waals surface area contributed by atoms with E-state index in [1.807, 2.05) is 18.2 Å². The highest BCUT2D eigenvalue weighted by Gasteiger charge is 2.20. The number of halogens is 1. The zero-order valence-electron chi connectivity index (χ0n) is 18.1. The number of para-hydroxylation sites is 1. The van der Waals surface area contributed by atoms with Crippen LogP contribution in [0.5, 0.6) is 17.4 Å². The molecule has 4 rings (SSSR count). The van der Waals surface area contributed by atoms with E-state index < -0.39 is 22.9 Å². The Morgan fingerprint density at radius 2 is 1.61 bits per heavy atom. The van der Waals surface area contributed by atoms with Crippen LogP contribution in [-0.4, -0.2) is 14.2 Å². The second kappa shape index (κ2) is 8.63. The number of rotatable bonds is 5. The van der Waals surface area contributed by atoms with Gasteiger partial charge in [-0.2, -0.15) is 0 Å². The number of hydrogen-bond donors (Lipinski definition) is 1. The first-order chi connectivity index (χ1) is 15.8. The van der Waals surface area contributed by atoms with Crippen LogP contribution in [0.4, 0.5) is 4.39 Å². The molecule has 4 aromatic rings. The summed E-state index contributed by atoms with van der Waals surface area (Å²) in [4.78, 5) is 24.9. The molecule has 0 saturated heterocycles. The molecule has 3 aromatic carbocycles. The van der Waals surface area contributed by atoms with Crippen LogP contribution in [0, 0.1) is 5.82 Å². The molecule has 0 aliphatic heterocycles. The summed E-state index contributed by atoms with van der Waals surface area (Å²) in [5.74, 6) is 0.133. The Balaban J connectivity index is 1.90. The van der Waals surface area contributed by atoms with E-state index in [1.54, 1.807) is 42.5 Å². The molecule has 7 heteroatoms. The average molecular weight is 444 g/mol. The van der Waals surface area contributed by atoms with Gasteiger partial charge < -0.3 is 9.84 Å². The Morgan fingerprint density at radius 3 is 2.30 bits per heavy atom. The van der Waals surface area contributed by atoms with Gasteiger partial charge in [0, 0.05) is 14.1 Å². The first kappa shape index (κ1) is 21.8. The van der Waals surface area contributed by atoms with Crippen LogP contribution < -0.4 is 16.0 Å². The van der Waals surface area contributed by atoms with Crippen molar-refractivity contribution in [3.8, 4) is 28.5 Å². The second-order valence-electron chi connectivity index (χ2n) is 7.55. The molecule has 0 atom stereocenters. The number of aromatic nitrogens is 2. The summed E-state index contributed by atoms with van der Waals surface area (Å²) in [7, 11) is 2.69. The first-order valence-electron chi connectivity index (χ1n) is 10.1. The van der Waals surface area contributed by atoms with Crippen LogP contribution in [0.1, 0.15) is 11.1 Å². The van der Waals surface area contributed by atoms with Crippen molar-refractivity contribution in [2.75, 3.05) is 0 Å². The summed E-state index contributed by atoms with van der Waals surface area (Å²) >= 11 is 0. The van der Waals surface area contributed by atoms with Crippen molar-refractivity contribution in [3.63, 3.8) is 0 Å². The molecule has 0 fully saturated rings. The number of hydrogen-bond acceptors (Lipinski definition) is 4. The quantitative estimate of drug-likeness (QED) is 0.494. The molecule has 6 nitrogen and oxygen atoms in total. The zero-order valence-corrected chi connectivity index (χ0v) is 18.1. The van der Waals surface area contributed by atoms with Crippen molar-refractivity contribution >= 4 is 5.57 Å². The fourth-order valence-corrected chi connectivity index (χ4v) is 3.53. The van der Waals surface area contributed by atoms with E-state index in [0.29, 0.717) is 28.2 Å². The molecule has 0 spiro atoms. The molecule has 0 unspecified atom stereocenters. The van der Waals surface area contributed by atoms with E-state index in [2.05, 4.69) is 6.58 Å². The van der Waals surface area contributed by atoms with Crippen molar-refractivity contribution in [3.05, 3.63) is 117 Å². The Morgan fingerprint density at radius 1 is 0.879 bits per heavy atom. The van der Waals surface area contributed by atoms with Crippen molar-refractivity contribution in [1.29, 1.82) is 0 Å². The van der Waals surface area contributed by atoms with Gasteiger partial charge in [-0.25, -0.2) is 9.18 Å². The van der Waals surface area contributed by atoms with Crippen LogP contribution >= 0.6 is 0 Å². The summed E-state index contributed by atoms with van der Waals surface area (Å²) in [5, 5.41) is 10.6. The van der Waals surface area contributed by atoms with E-state index in [-0.39, 0.29) is 11.1 Å². The fourth-order valence-electron chi connectivity index (χ4n) is 3.53. The van der Waals surface area contributed by atoms with Gasteiger partial charge in [-0.15, -0.1) is 0 Å². The molecular weight excluding hydrogens is 423 g/mol. The monoisotopic (exact) mass is 444 g/mol. The van der Waals surface area contributed by atoms with Gasteiger partial charge >= 0.3 is 5.69 Å². The highest BCUT2D eigenvalue weighted by atomic mass is 19.1. The molecule has 166 valence electrons. The summed E-state index contributed by atoms with van der Waals surface area (Å²) in [6, 6.07) is 20.3. The van der Waals surface area contributed by atoms with Crippen molar-refractivity contribution < 1.29 is 14.2 Å². The molecule has 0 saturated carbocycles. The molecule has 1 N–H and O–H groups in total. The van der Waals surface area contributed by atoms with Gasteiger partial charge in [0.1, 0.15) is 22.9 Å². The van der Waals surface area contributed by atoms with Gasteiger partial charge in [-0.3, -0.25) is 13.9 Å². The SMILES string of the molecule is C=C(c1cc(Oc2ccccc2)cc(-c2cccc(F)c2)c1)c1c(O)n(C)c(=O)n(C)c1=O. The van der Waals surface area contributed by atoms with Crippen LogP contribution in [0.25, 0.3) is 16.7 Å². The minimum absolute atomic E-state index is 0.110. The van der Waals surface area contributed by atoms with Crippen LogP contribution in [0.15, 0.2) is 89.0 Å². The third kappa shape index (κ3) is 4.21. The predicted octanol–water partition coefficient (Wildman–Crippen LogP) is 4.45. The van der Waals surface area contributed by atoms with Gasteiger partial charge in [0.15, 0.2) is 0 Å². The van der Waals surface area contributed by atoms with Gasteiger partial charge in [0.25, 0.3) is 5.56 Å². The van der Waals surface area contributed by atoms with Crippen molar-refractivity contribution in [2.24, 2.45) is 14.1 Å². The van der Waals surface area contributed by atoms with Crippen LogP contribution in [0.2, 0.25) is 0 Å². The smallest absolute Gasteiger partial charge is 0.333 e. The number of ether oxygens (including phenoxy) is 1. The largest absolute Gasteiger partial charge is 0.494 e. The fraction of sp³-hybridized carbons (Fsp3) is 0.0769. The topological polar surface area (TPSA) is 73.5 Å². The average Bonchev–Trinajstić information content (AvgIpc) is 2.82. The molecule has 33 heavy (non-hydrogen) atoms. The highest BCUT2D eigenvalue weighted by Crippen LogP contribution is 2.34. The maximum absolute atomic E-state index is 13.9. The minimum atomic E-state index is -0.678. The maximum Gasteiger partial charge on any atom is 0.333 e. The predicted molar refractivity (Wildman–Crippen MR) is 125 cm³/mol. The number of benzene rings is 3. The highest BCUT2D eigenvalue weighted by molar-refractivity contribution is 5.83. The maximum atomic E-state index is 13.9. The lowest BCUT2D eigenvalue weighted by Crippen LogP contribution is -2.38. The molecule has 0 radical (unpaired) electrons. The van der Waals surface area contributed by atoms with E-state index in [4.69, 9.17) is 4.74 Å². The van der Waals surface area contributed by atoms with E-state index >= 15 is 0 Å². The molecule has 0 aliphatic rings. The third-order valence-electron chi connectivity index (χ3n) is 5.33. The third-order valence-corrected chi connectivity index (χ3v) is 5.33. The van der Waals surface area contributed by atoms with Crippen molar-refractivity contribution in [1.82, 2.24) is 9.13 Å². The molecule has 0 bridgehead atoms. The lowest BCUT2D eigenvalue weighted by atomic mass is 9.96. The standard InChI is InChI=1S/C26H21FN2O4/c1-16(23-24(30)28(2)26(32)29(3)25(23)31)18-12-19(17-8-7-9-20(27)13-17)15-22(14-18)33-21-10-5-4-6-11-21/h4-15,30H,1H2,2-3H3. The molecule has 0 amide bonds. The minimum Gasteiger partial charge on any atom is -0.494 e. The summed E-state index contributed by atoms with van der Waals surface area (Å²) in [5.41, 5.74) is 0.438.